The van der Waals surface area contributed by atoms with E-state index in [2.05, 4.69) is 37.6 Å². The number of hydrogen-bond acceptors (Lipinski definition) is 5. The Labute approximate surface area is 132 Å². The van der Waals surface area contributed by atoms with Gasteiger partial charge in [-0.05, 0) is 17.5 Å². The fourth-order valence-electron chi connectivity index (χ4n) is 2.69. The average Bonchev–Trinajstić information content (AvgIpc) is 3.25. The van der Waals surface area contributed by atoms with E-state index in [0.29, 0.717) is 12.5 Å². The summed E-state index contributed by atoms with van der Waals surface area (Å²) < 4.78 is 5.71. The van der Waals surface area contributed by atoms with Crippen LogP contribution in [-0.2, 0) is 26.2 Å². The van der Waals surface area contributed by atoms with Gasteiger partial charge in [0.1, 0.15) is 12.3 Å². The van der Waals surface area contributed by atoms with Crippen LogP contribution >= 0.6 is 11.3 Å². The van der Waals surface area contributed by atoms with Gasteiger partial charge in [-0.15, -0.1) is 11.3 Å². The van der Waals surface area contributed by atoms with Crippen LogP contribution in [-0.4, -0.2) is 20.1 Å². The van der Waals surface area contributed by atoms with Crippen molar-refractivity contribution in [2.24, 2.45) is 0 Å². The van der Waals surface area contributed by atoms with E-state index in [1.807, 2.05) is 18.2 Å². The third-order valence-electron chi connectivity index (χ3n) is 3.76. The number of aromatic amines is 1. The van der Waals surface area contributed by atoms with Crippen LogP contribution in [0.25, 0.3) is 0 Å². The molecule has 0 amide bonds. The molecule has 0 spiro atoms. The van der Waals surface area contributed by atoms with Crippen molar-refractivity contribution in [1.29, 1.82) is 0 Å². The number of rotatable bonds is 5. The summed E-state index contributed by atoms with van der Waals surface area (Å²) in [7, 11) is 0. The van der Waals surface area contributed by atoms with Gasteiger partial charge in [-0.1, -0.05) is 12.1 Å². The molecule has 112 valence electrons. The van der Waals surface area contributed by atoms with E-state index in [-0.39, 0.29) is 0 Å². The Morgan fingerprint density at radius 1 is 1.23 bits per heavy atom. The van der Waals surface area contributed by atoms with E-state index in [1.165, 1.54) is 16.1 Å². The second-order valence-corrected chi connectivity index (χ2v) is 6.34. The minimum atomic E-state index is 0.454. The second-order valence-electron chi connectivity index (χ2n) is 5.31. The van der Waals surface area contributed by atoms with Gasteiger partial charge < -0.3 is 4.74 Å². The molecule has 0 bridgehead atoms. The summed E-state index contributed by atoms with van der Waals surface area (Å²) >= 11 is 1.80. The van der Waals surface area contributed by atoms with Crippen molar-refractivity contribution in [3.8, 4) is 5.88 Å². The van der Waals surface area contributed by atoms with Crippen LogP contribution in [0.1, 0.15) is 21.8 Å². The first-order valence-electron chi connectivity index (χ1n) is 7.22. The first-order chi connectivity index (χ1) is 10.9. The summed E-state index contributed by atoms with van der Waals surface area (Å²) in [5.74, 6) is 0.632. The standard InChI is InChI=1S/C16H16N4OS/c1-2-6-17-16(5-1)21-11-15-13-9-20(10-14(13)18-19-15)8-12-4-3-7-22-12/h1-7H,8-11H2,(H,18,19). The third kappa shape index (κ3) is 2.75. The number of thiophene rings is 1. The molecular formula is C16H16N4OS. The van der Waals surface area contributed by atoms with E-state index in [1.54, 1.807) is 17.5 Å². The fraction of sp³-hybridized carbons (Fsp3) is 0.250. The Bertz CT molecular complexity index is 739. The molecule has 0 saturated heterocycles. The molecule has 1 aliphatic heterocycles. The molecule has 4 heterocycles. The maximum Gasteiger partial charge on any atom is 0.213 e. The number of nitrogens with one attached hydrogen (secondary N) is 1. The highest BCUT2D eigenvalue weighted by Crippen LogP contribution is 2.26. The van der Waals surface area contributed by atoms with Crippen molar-refractivity contribution >= 4 is 11.3 Å². The first-order valence-corrected chi connectivity index (χ1v) is 8.10. The van der Waals surface area contributed by atoms with E-state index in [4.69, 9.17) is 4.74 Å². The molecular weight excluding hydrogens is 296 g/mol. The lowest BCUT2D eigenvalue weighted by atomic mass is 10.2. The largest absolute Gasteiger partial charge is 0.471 e. The maximum absolute atomic E-state index is 5.71. The van der Waals surface area contributed by atoms with Crippen LogP contribution in [0.15, 0.2) is 41.9 Å². The van der Waals surface area contributed by atoms with Crippen LogP contribution in [0.4, 0.5) is 0 Å². The van der Waals surface area contributed by atoms with E-state index in [0.717, 1.165) is 25.3 Å². The fourth-order valence-corrected chi connectivity index (χ4v) is 3.44. The Balaban J connectivity index is 1.41. The first kappa shape index (κ1) is 13.5. The molecule has 3 aromatic rings. The minimum Gasteiger partial charge on any atom is -0.471 e. The number of fused-ring (bicyclic) bond motifs is 1. The summed E-state index contributed by atoms with van der Waals surface area (Å²) in [6, 6.07) is 9.93. The van der Waals surface area contributed by atoms with Gasteiger partial charge >= 0.3 is 0 Å². The van der Waals surface area contributed by atoms with Crippen molar-refractivity contribution < 1.29 is 4.74 Å². The van der Waals surface area contributed by atoms with Gasteiger partial charge in [0.2, 0.25) is 5.88 Å². The van der Waals surface area contributed by atoms with Crippen molar-refractivity contribution in [1.82, 2.24) is 20.1 Å². The molecule has 0 aliphatic carbocycles. The lowest BCUT2D eigenvalue weighted by Crippen LogP contribution is -2.16. The highest BCUT2D eigenvalue weighted by molar-refractivity contribution is 7.09. The number of nitrogens with zero attached hydrogens (tertiary/aromatic N) is 3. The van der Waals surface area contributed by atoms with Crippen LogP contribution in [0, 0.1) is 0 Å². The second kappa shape index (κ2) is 5.90. The topological polar surface area (TPSA) is 54.0 Å². The number of ether oxygens (including phenoxy) is 1. The zero-order valence-corrected chi connectivity index (χ0v) is 12.8. The van der Waals surface area contributed by atoms with Crippen LogP contribution < -0.4 is 4.74 Å². The lowest BCUT2D eigenvalue weighted by molar-refractivity contribution is 0.264. The van der Waals surface area contributed by atoms with Crippen molar-refractivity contribution in [2.75, 3.05) is 0 Å². The van der Waals surface area contributed by atoms with E-state index < -0.39 is 0 Å². The smallest absolute Gasteiger partial charge is 0.213 e. The van der Waals surface area contributed by atoms with E-state index >= 15 is 0 Å². The summed E-state index contributed by atoms with van der Waals surface area (Å²) in [4.78, 5) is 7.98. The third-order valence-corrected chi connectivity index (χ3v) is 4.62. The number of pyridine rings is 1. The SMILES string of the molecule is c1ccc(OCc2n[nH]c3c2CN(Cc2cccs2)C3)nc1. The highest BCUT2D eigenvalue weighted by atomic mass is 32.1. The summed E-state index contributed by atoms with van der Waals surface area (Å²) in [5.41, 5.74) is 3.46. The summed E-state index contributed by atoms with van der Waals surface area (Å²) in [6.07, 6.45) is 1.73. The molecule has 4 rings (SSSR count). The van der Waals surface area contributed by atoms with Gasteiger partial charge in [0.25, 0.3) is 0 Å². The van der Waals surface area contributed by atoms with Gasteiger partial charge in [0.05, 0.1) is 5.69 Å². The molecule has 5 nitrogen and oxygen atoms in total. The number of aromatic nitrogens is 3. The highest BCUT2D eigenvalue weighted by Gasteiger charge is 2.25. The lowest BCUT2D eigenvalue weighted by Gasteiger charge is -2.13. The van der Waals surface area contributed by atoms with Crippen LogP contribution in [0.3, 0.4) is 0 Å². The molecule has 0 unspecified atom stereocenters. The van der Waals surface area contributed by atoms with Crippen molar-refractivity contribution in [3.63, 3.8) is 0 Å². The Kier molecular flexibility index (Phi) is 3.62. The van der Waals surface area contributed by atoms with Gasteiger partial charge in [-0.2, -0.15) is 5.10 Å². The Morgan fingerprint density at radius 2 is 2.23 bits per heavy atom. The van der Waals surface area contributed by atoms with Crippen molar-refractivity contribution in [3.05, 3.63) is 63.7 Å². The van der Waals surface area contributed by atoms with Crippen molar-refractivity contribution in [2.45, 2.75) is 26.2 Å². The number of hydrogen-bond donors (Lipinski definition) is 1. The zero-order chi connectivity index (χ0) is 14.8. The van der Waals surface area contributed by atoms with Crippen LogP contribution in [0.2, 0.25) is 0 Å². The predicted octanol–water partition coefficient (Wildman–Crippen LogP) is 2.96. The van der Waals surface area contributed by atoms with Crippen LogP contribution in [0.5, 0.6) is 5.88 Å². The maximum atomic E-state index is 5.71. The molecule has 0 atom stereocenters. The van der Waals surface area contributed by atoms with Gasteiger partial charge in [0, 0.05) is 42.3 Å². The molecule has 0 aromatic carbocycles. The molecule has 22 heavy (non-hydrogen) atoms. The molecule has 1 aliphatic rings. The molecule has 3 aromatic heterocycles. The summed E-state index contributed by atoms with van der Waals surface area (Å²) in [6.45, 7) is 3.28. The monoisotopic (exact) mass is 312 g/mol. The van der Waals surface area contributed by atoms with Gasteiger partial charge in [0.15, 0.2) is 0 Å². The predicted molar refractivity (Wildman–Crippen MR) is 84.4 cm³/mol. The number of H-pyrrole nitrogens is 1. The molecule has 0 saturated carbocycles. The van der Waals surface area contributed by atoms with Gasteiger partial charge in [-0.25, -0.2) is 4.98 Å². The molecule has 1 N–H and O–H groups in total. The molecule has 0 fully saturated rings. The van der Waals surface area contributed by atoms with E-state index in [9.17, 15) is 0 Å². The normalized spacial score (nSPS) is 14.2. The zero-order valence-electron chi connectivity index (χ0n) is 12.0. The minimum absolute atomic E-state index is 0.454. The Hall–Kier alpha value is -2.18. The molecule has 6 heteroatoms. The van der Waals surface area contributed by atoms with Gasteiger partial charge in [-0.3, -0.25) is 10.00 Å². The quantitative estimate of drug-likeness (QED) is 0.787. The molecule has 0 radical (unpaired) electrons. The Morgan fingerprint density at radius 3 is 3.05 bits per heavy atom. The average molecular weight is 312 g/mol. The summed E-state index contributed by atoms with van der Waals surface area (Å²) in [5, 5.41) is 9.65.